The van der Waals surface area contributed by atoms with E-state index in [2.05, 4.69) is 0 Å². The number of nitrogens with two attached hydrogens (primary N) is 1. The maximum Gasteiger partial charge on any atom is 0.130 e. The van der Waals surface area contributed by atoms with E-state index < -0.39 is 0 Å². The van der Waals surface area contributed by atoms with Gasteiger partial charge in [0.25, 0.3) is 0 Å². The number of carbonyl (C=O) groups excluding carboxylic acids is 1. The Morgan fingerprint density at radius 2 is 2.45 bits per heavy atom. The highest BCUT2D eigenvalue weighted by atomic mass is 32.2. The van der Waals surface area contributed by atoms with E-state index in [1.165, 1.54) is 0 Å². The first-order valence-corrected chi connectivity index (χ1v) is 5.18. The van der Waals surface area contributed by atoms with Gasteiger partial charge in [-0.2, -0.15) is 11.8 Å². The number of Topliss-reactive ketones (excluding diaryl/α,β-unsaturated/α-hetero) is 1. The highest BCUT2D eigenvalue weighted by Crippen LogP contribution is 2.24. The number of thioether (sulfide) groups is 1. The molecular weight excluding hydrogens is 158 g/mol. The summed E-state index contributed by atoms with van der Waals surface area (Å²) in [6.07, 6.45) is 1.75. The van der Waals surface area contributed by atoms with Crippen LogP contribution in [0.5, 0.6) is 0 Å². The zero-order valence-corrected chi connectivity index (χ0v) is 7.69. The van der Waals surface area contributed by atoms with E-state index in [0.29, 0.717) is 12.3 Å². The van der Waals surface area contributed by atoms with E-state index in [4.69, 9.17) is 5.73 Å². The first-order chi connectivity index (χ1) is 5.20. The SMILES string of the molecule is CC(=O)CC1CSCCC1N. The van der Waals surface area contributed by atoms with Gasteiger partial charge in [0, 0.05) is 12.5 Å². The topological polar surface area (TPSA) is 43.1 Å². The molecule has 2 nitrogen and oxygen atoms in total. The van der Waals surface area contributed by atoms with Crippen LogP contribution in [0.1, 0.15) is 19.8 Å². The third-order valence-corrected chi connectivity index (χ3v) is 3.27. The van der Waals surface area contributed by atoms with E-state index in [9.17, 15) is 4.79 Å². The molecule has 0 bridgehead atoms. The van der Waals surface area contributed by atoms with Crippen molar-refractivity contribution in [3.05, 3.63) is 0 Å². The Labute approximate surface area is 71.9 Å². The van der Waals surface area contributed by atoms with Gasteiger partial charge in [-0.25, -0.2) is 0 Å². The lowest BCUT2D eigenvalue weighted by atomic mass is 9.95. The zero-order chi connectivity index (χ0) is 8.27. The third-order valence-electron chi connectivity index (χ3n) is 2.08. The van der Waals surface area contributed by atoms with Gasteiger partial charge in [-0.3, -0.25) is 0 Å². The van der Waals surface area contributed by atoms with Crippen LogP contribution in [-0.2, 0) is 4.79 Å². The maximum absolute atomic E-state index is 10.8. The van der Waals surface area contributed by atoms with Gasteiger partial charge in [-0.05, 0) is 30.8 Å². The molecule has 11 heavy (non-hydrogen) atoms. The zero-order valence-electron chi connectivity index (χ0n) is 6.88. The molecule has 0 aromatic heterocycles. The number of rotatable bonds is 2. The van der Waals surface area contributed by atoms with Gasteiger partial charge in [0.05, 0.1) is 0 Å². The van der Waals surface area contributed by atoms with Gasteiger partial charge >= 0.3 is 0 Å². The molecule has 1 saturated heterocycles. The Kier molecular flexibility index (Phi) is 3.40. The van der Waals surface area contributed by atoms with Crippen LogP contribution in [-0.4, -0.2) is 23.3 Å². The predicted molar refractivity (Wildman–Crippen MR) is 48.7 cm³/mol. The lowest BCUT2D eigenvalue weighted by Gasteiger charge is -2.27. The molecule has 0 aromatic rings. The summed E-state index contributed by atoms with van der Waals surface area (Å²) in [6.45, 7) is 1.64. The number of carbonyl (C=O) groups is 1. The molecule has 0 saturated carbocycles. The fourth-order valence-corrected chi connectivity index (χ4v) is 2.67. The van der Waals surface area contributed by atoms with Crippen molar-refractivity contribution in [2.24, 2.45) is 11.7 Å². The van der Waals surface area contributed by atoms with Crippen LogP contribution in [0.4, 0.5) is 0 Å². The summed E-state index contributed by atoms with van der Waals surface area (Å²) in [5.41, 5.74) is 5.86. The quantitative estimate of drug-likeness (QED) is 0.678. The molecule has 1 aliphatic heterocycles. The molecule has 0 amide bonds. The molecule has 0 spiro atoms. The van der Waals surface area contributed by atoms with Crippen LogP contribution in [0.3, 0.4) is 0 Å². The Morgan fingerprint density at radius 3 is 3.00 bits per heavy atom. The molecule has 3 heteroatoms. The van der Waals surface area contributed by atoms with Gasteiger partial charge in [0.1, 0.15) is 5.78 Å². The van der Waals surface area contributed by atoms with E-state index in [1.54, 1.807) is 6.92 Å². The fraction of sp³-hybridized carbons (Fsp3) is 0.875. The number of hydrogen-bond acceptors (Lipinski definition) is 3. The van der Waals surface area contributed by atoms with E-state index in [0.717, 1.165) is 17.9 Å². The molecule has 1 rings (SSSR count). The molecule has 0 aromatic carbocycles. The van der Waals surface area contributed by atoms with Crippen molar-refractivity contribution in [1.29, 1.82) is 0 Å². The molecule has 2 N–H and O–H groups in total. The molecular formula is C8H15NOS. The second-order valence-electron chi connectivity index (χ2n) is 3.19. The molecule has 64 valence electrons. The maximum atomic E-state index is 10.8. The summed E-state index contributed by atoms with van der Waals surface area (Å²) in [5.74, 6) is 2.94. The molecule has 0 aliphatic carbocycles. The van der Waals surface area contributed by atoms with E-state index in [1.807, 2.05) is 11.8 Å². The van der Waals surface area contributed by atoms with Crippen LogP contribution >= 0.6 is 11.8 Å². The molecule has 0 radical (unpaired) electrons. The lowest BCUT2D eigenvalue weighted by Crippen LogP contribution is -2.36. The van der Waals surface area contributed by atoms with Crippen LogP contribution in [0, 0.1) is 5.92 Å². The number of hydrogen-bond donors (Lipinski definition) is 1. The normalized spacial score (nSPS) is 31.8. The van der Waals surface area contributed by atoms with Crippen LogP contribution in [0.2, 0.25) is 0 Å². The summed E-state index contributed by atoms with van der Waals surface area (Å²) in [5, 5.41) is 0. The summed E-state index contributed by atoms with van der Waals surface area (Å²) in [4.78, 5) is 10.8. The molecule has 2 atom stereocenters. The Morgan fingerprint density at radius 1 is 1.73 bits per heavy atom. The summed E-state index contributed by atoms with van der Waals surface area (Å²) in [7, 11) is 0. The monoisotopic (exact) mass is 173 g/mol. The Balaban J connectivity index is 2.35. The van der Waals surface area contributed by atoms with Gasteiger partial charge in [0.2, 0.25) is 0 Å². The predicted octanol–water partition coefficient (Wildman–Crippen LogP) is 1.05. The minimum Gasteiger partial charge on any atom is -0.327 e. The van der Waals surface area contributed by atoms with Crippen LogP contribution in [0.25, 0.3) is 0 Å². The summed E-state index contributed by atoms with van der Waals surface area (Å²) < 4.78 is 0. The lowest BCUT2D eigenvalue weighted by molar-refractivity contribution is -0.117. The minimum atomic E-state index is 0.264. The van der Waals surface area contributed by atoms with Crippen molar-refractivity contribution < 1.29 is 4.79 Å². The summed E-state index contributed by atoms with van der Waals surface area (Å²) >= 11 is 1.92. The molecule has 2 unspecified atom stereocenters. The average Bonchev–Trinajstić information content (AvgIpc) is 1.93. The summed E-state index contributed by atoms with van der Waals surface area (Å²) in [6, 6.07) is 0.264. The molecule has 1 heterocycles. The van der Waals surface area contributed by atoms with Crippen LogP contribution < -0.4 is 5.73 Å². The van der Waals surface area contributed by atoms with Crippen molar-refractivity contribution >= 4 is 17.5 Å². The Hall–Kier alpha value is -0.0200. The standard InChI is InChI=1S/C8H15NOS/c1-6(10)4-7-5-11-3-2-8(7)9/h7-8H,2-5,9H2,1H3. The van der Waals surface area contributed by atoms with Crippen molar-refractivity contribution in [3.8, 4) is 0 Å². The van der Waals surface area contributed by atoms with Crippen LogP contribution in [0.15, 0.2) is 0 Å². The van der Waals surface area contributed by atoms with Crippen molar-refractivity contribution in [1.82, 2.24) is 0 Å². The smallest absolute Gasteiger partial charge is 0.130 e. The van der Waals surface area contributed by atoms with Gasteiger partial charge in [-0.1, -0.05) is 0 Å². The first kappa shape index (κ1) is 9.07. The molecule has 1 aliphatic rings. The van der Waals surface area contributed by atoms with Gasteiger partial charge in [0.15, 0.2) is 0 Å². The fourth-order valence-electron chi connectivity index (χ4n) is 1.39. The highest BCUT2D eigenvalue weighted by molar-refractivity contribution is 7.99. The number of ketones is 1. The van der Waals surface area contributed by atoms with Crippen molar-refractivity contribution in [3.63, 3.8) is 0 Å². The van der Waals surface area contributed by atoms with Crippen molar-refractivity contribution in [2.75, 3.05) is 11.5 Å². The third kappa shape index (κ3) is 2.83. The van der Waals surface area contributed by atoms with Gasteiger partial charge in [-0.15, -0.1) is 0 Å². The van der Waals surface area contributed by atoms with Crippen molar-refractivity contribution in [2.45, 2.75) is 25.8 Å². The minimum absolute atomic E-state index is 0.264. The second kappa shape index (κ2) is 4.12. The molecule has 1 fully saturated rings. The van der Waals surface area contributed by atoms with E-state index >= 15 is 0 Å². The van der Waals surface area contributed by atoms with Gasteiger partial charge < -0.3 is 10.5 Å². The second-order valence-corrected chi connectivity index (χ2v) is 4.34. The highest BCUT2D eigenvalue weighted by Gasteiger charge is 2.22. The average molecular weight is 173 g/mol. The Bertz CT molecular complexity index is 149. The first-order valence-electron chi connectivity index (χ1n) is 4.03. The largest absolute Gasteiger partial charge is 0.327 e. The van der Waals surface area contributed by atoms with E-state index in [-0.39, 0.29) is 11.8 Å².